The molecule has 1 aliphatic rings. The average molecular weight is 432 g/mol. The number of benzene rings is 2. The van der Waals surface area contributed by atoms with E-state index in [0.717, 1.165) is 16.7 Å². The third-order valence-electron chi connectivity index (χ3n) is 6.36. The zero-order chi connectivity index (χ0) is 22.6. The van der Waals surface area contributed by atoms with E-state index < -0.39 is 5.41 Å². The number of nitrogens with zero attached hydrogens (tertiary/aromatic N) is 2. The Morgan fingerprint density at radius 2 is 1.75 bits per heavy atom. The fourth-order valence-corrected chi connectivity index (χ4v) is 4.40. The number of nitrogens with two attached hydrogens (primary N) is 1. The molecule has 2 heterocycles. The monoisotopic (exact) mass is 431 g/mol. The van der Waals surface area contributed by atoms with Crippen molar-refractivity contribution >= 4 is 11.8 Å². The number of primary amides is 1. The number of amides is 2. The molecule has 2 N–H and O–H groups in total. The topological polar surface area (TPSA) is 76.3 Å². The second-order valence-electron chi connectivity index (χ2n) is 8.41. The van der Waals surface area contributed by atoms with E-state index in [-0.39, 0.29) is 24.1 Å². The van der Waals surface area contributed by atoms with Gasteiger partial charge in [0.1, 0.15) is 5.82 Å². The quantitative estimate of drug-likeness (QED) is 0.646. The Labute approximate surface area is 187 Å². The lowest BCUT2D eigenvalue weighted by Gasteiger charge is -2.40. The third-order valence-corrected chi connectivity index (χ3v) is 6.36. The molecule has 0 aliphatic carbocycles. The van der Waals surface area contributed by atoms with Gasteiger partial charge in [-0.2, -0.15) is 0 Å². The Hall–Kier alpha value is -3.54. The Morgan fingerprint density at radius 3 is 2.44 bits per heavy atom. The minimum atomic E-state index is -0.706. The molecule has 0 spiro atoms. The van der Waals surface area contributed by atoms with Gasteiger partial charge >= 0.3 is 0 Å². The molecule has 6 heteroatoms. The van der Waals surface area contributed by atoms with Crippen LogP contribution in [0.25, 0.3) is 11.1 Å². The molecule has 2 amide bonds. The van der Waals surface area contributed by atoms with E-state index in [1.165, 1.54) is 6.07 Å². The number of hydrogen-bond donors (Lipinski definition) is 1. The summed E-state index contributed by atoms with van der Waals surface area (Å²) in [6.45, 7) is 0.858. The third kappa shape index (κ3) is 4.69. The number of hydrogen-bond acceptors (Lipinski definition) is 3. The molecule has 0 saturated carbocycles. The van der Waals surface area contributed by atoms with Crippen LogP contribution >= 0.6 is 0 Å². The van der Waals surface area contributed by atoms with Crippen LogP contribution in [0.15, 0.2) is 73.1 Å². The number of aromatic nitrogens is 1. The lowest BCUT2D eigenvalue weighted by atomic mass is 9.73. The van der Waals surface area contributed by atoms with Gasteiger partial charge in [-0.05, 0) is 53.6 Å². The minimum absolute atomic E-state index is 0.0173. The number of likely N-dealkylation sites (tertiary alicyclic amines) is 1. The summed E-state index contributed by atoms with van der Waals surface area (Å²) in [6, 6.07) is 18.3. The van der Waals surface area contributed by atoms with Crippen molar-refractivity contribution in [2.45, 2.75) is 25.7 Å². The highest BCUT2D eigenvalue weighted by molar-refractivity contribution is 5.83. The molecule has 1 aliphatic heterocycles. The zero-order valence-corrected chi connectivity index (χ0v) is 17.8. The van der Waals surface area contributed by atoms with Crippen molar-refractivity contribution in [3.63, 3.8) is 0 Å². The Bertz CT molecular complexity index is 1110. The maximum atomic E-state index is 13.9. The van der Waals surface area contributed by atoms with Gasteiger partial charge in [-0.3, -0.25) is 14.6 Å². The summed E-state index contributed by atoms with van der Waals surface area (Å²) in [5.41, 5.74) is 8.61. The summed E-state index contributed by atoms with van der Waals surface area (Å²) < 4.78 is 13.9. The molecule has 0 bridgehead atoms. The van der Waals surface area contributed by atoms with Gasteiger partial charge in [-0.15, -0.1) is 0 Å². The van der Waals surface area contributed by atoms with Crippen molar-refractivity contribution in [2.75, 3.05) is 13.1 Å². The number of pyridine rings is 1. The first-order valence-corrected chi connectivity index (χ1v) is 10.8. The van der Waals surface area contributed by atoms with E-state index in [2.05, 4.69) is 11.1 Å². The summed E-state index contributed by atoms with van der Waals surface area (Å²) in [7, 11) is 0. The molecule has 0 radical (unpaired) electrons. The van der Waals surface area contributed by atoms with Crippen LogP contribution in [0, 0.1) is 11.2 Å². The van der Waals surface area contributed by atoms with Gasteiger partial charge in [-0.1, -0.05) is 48.5 Å². The molecule has 1 fully saturated rings. The Kier molecular flexibility index (Phi) is 6.30. The van der Waals surface area contributed by atoms with Gasteiger partial charge in [0.15, 0.2) is 0 Å². The normalized spacial score (nSPS) is 15.3. The van der Waals surface area contributed by atoms with Crippen molar-refractivity contribution in [1.29, 1.82) is 0 Å². The molecule has 32 heavy (non-hydrogen) atoms. The van der Waals surface area contributed by atoms with Crippen LogP contribution in [0.5, 0.6) is 0 Å². The van der Waals surface area contributed by atoms with Crippen molar-refractivity contribution in [3.05, 3.63) is 90.0 Å². The highest BCUT2D eigenvalue weighted by Gasteiger charge is 2.41. The van der Waals surface area contributed by atoms with Crippen molar-refractivity contribution in [3.8, 4) is 11.1 Å². The van der Waals surface area contributed by atoms with Crippen LogP contribution in [0.1, 0.15) is 24.0 Å². The first-order valence-electron chi connectivity index (χ1n) is 10.8. The zero-order valence-electron chi connectivity index (χ0n) is 17.8. The number of piperidine rings is 1. The van der Waals surface area contributed by atoms with E-state index in [1.807, 2.05) is 36.5 Å². The lowest BCUT2D eigenvalue weighted by Crippen LogP contribution is -2.50. The predicted octanol–water partition coefficient (Wildman–Crippen LogP) is 3.77. The van der Waals surface area contributed by atoms with E-state index in [0.29, 0.717) is 37.9 Å². The van der Waals surface area contributed by atoms with Crippen molar-refractivity contribution < 1.29 is 14.0 Å². The van der Waals surface area contributed by atoms with Crippen LogP contribution in [-0.2, 0) is 22.4 Å². The number of carbonyl (C=O) groups excluding carboxylic acids is 2. The van der Waals surface area contributed by atoms with E-state index in [1.54, 1.807) is 29.3 Å². The Balaban J connectivity index is 1.45. The van der Waals surface area contributed by atoms with Crippen molar-refractivity contribution in [1.82, 2.24) is 9.88 Å². The molecule has 0 atom stereocenters. The second-order valence-corrected chi connectivity index (χ2v) is 8.41. The van der Waals surface area contributed by atoms with E-state index >= 15 is 0 Å². The maximum absolute atomic E-state index is 13.9. The number of rotatable bonds is 6. The predicted molar refractivity (Wildman–Crippen MR) is 121 cm³/mol. The van der Waals surface area contributed by atoms with Crippen LogP contribution in [0.2, 0.25) is 0 Å². The number of halogens is 1. The first kappa shape index (κ1) is 21.7. The van der Waals surface area contributed by atoms with E-state index in [4.69, 9.17) is 5.73 Å². The summed E-state index contributed by atoms with van der Waals surface area (Å²) >= 11 is 0. The highest BCUT2D eigenvalue weighted by Crippen LogP contribution is 2.36. The highest BCUT2D eigenvalue weighted by atomic mass is 19.1. The summed E-state index contributed by atoms with van der Waals surface area (Å²) in [5, 5.41) is 0. The summed E-state index contributed by atoms with van der Waals surface area (Å²) in [4.78, 5) is 31.1. The summed E-state index contributed by atoms with van der Waals surface area (Å²) in [5.74, 6) is -0.852. The minimum Gasteiger partial charge on any atom is -0.369 e. The molecule has 4 rings (SSSR count). The largest absolute Gasteiger partial charge is 0.369 e. The molecule has 1 aromatic heterocycles. The molecular weight excluding hydrogens is 405 g/mol. The SMILES string of the molecule is NC(=O)C1(Cc2cccc(-c3cccnc3)c2)CCN(C(=O)Cc2ccccc2F)CC1. The Morgan fingerprint density at radius 1 is 1.00 bits per heavy atom. The van der Waals surface area contributed by atoms with Gasteiger partial charge in [-0.25, -0.2) is 4.39 Å². The standard InChI is InChI=1S/C26H26FN3O2/c27-23-9-2-1-6-21(23)16-24(31)30-13-10-26(11-14-30,25(28)32)17-19-5-3-7-20(15-19)22-8-4-12-29-18-22/h1-9,12,15,18H,10-11,13-14,16-17H2,(H2,28,32). The van der Waals surface area contributed by atoms with Gasteiger partial charge in [0.25, 0.3) is 0 Å². The van der Waals surface area contributed by atoms with Crippen LogP contribution < -0.4 is 5.73 Å². The van der Waals surface area contributed by atoms with Crippen molar-refractivity contribution in [2.24, 2.45) is 11.1 Å². The first-order chi connectivity index (χ1) is 15.5. The fourth-order valence-electron chi connectivity index (χ4n) is 4.40. The molecule has 2 aromatic carbocycles. The molecule has 1 saturated heterocycles. The molecular formula is C26H26FN3O2. The smallest absolute Gasteiger partial charge is 0.227 e. The van der Waals surface area contributed by atoms with E-state index in [9.17, 15) is 14.0 Å². The summed E-state index contributed by atoms with van der Waals surface area (Å²) in [6.07, 6.45) is 5.05. The molecule has 164 valence electrons. The molecule has 0 unspecified atom stereocenters. The molecule has 5 nitrogen and oxygen atoms in total. The van der Waals surface area contributed by atoms with Crippen LogP contribution in [0.4, 0.5) is 4.39 Å². The van der Waals surface area contributed by atoms with Gasteiger partial charge in [0.05, 0.1) is 11.8 Å². The fraction of sp³-hybridized carbons (Fsp3) is 0.269. The van der Waals surface area contributed by atoms with Crippen LogP contribution in [-0.4, -0.2) is 34.8 Å². The van der Waals surface area contributed by atoms with Gasteiger partial charge < -0.3 is 10.6 Å². The average Bonchev–Trinajstić information content (AvgIpc) is 2.81. The van der Waals surface area contributed by atoms with Gasteiger partial charge in [0.2, 0.25) is 11.8 Å². The molecule has 3 aromatic rings. The maximum Gasteiger partial charge on any atom is 0.227 e. The second kappa shape index (κ2) is 9.30. The number of carbonyl (C=O) groups is 2. The van der Waals surface area contributed by atoms with Gasteiger partial charge in [0, 0.05) is 25.5 Å². The van der Waals surface area contributed by atoms with Crippen LogP contribution in [0.3, 0.4) is 0 Å². The lowest BCUT2D eigenvalue weighted by molar-refractivity contribution is -0.138.